The first-order valence-corrected chi connectivity index (χ1v) is 14.9. The van der Waals surface area contributed by atoms with Crippen molar-refractivity contribution in [1.29, 1.82) is 0 Å². The van der Waals surface area contributed by atoms with Crippen molar-refractivity contribution in [2.75, 3.05) is 18.5 Å². The molecule has 2 aliphatic rings. The Hall–Kier alpha value is -3.49. The summed E-state index contributed by atoms with van der Waals surface area (Å²) in [4.78, 5) is 27.0. The smallest absolute Gasteiger partial charge is 0.322 e. The average Bonchev–Trinajstić information content (AvgIpc) is 3.52. The Morgan fingerprint density at radius 1 is 0.949 bits per heavy atom. The second-order valence-corrected chi connectivity index (χ2v) is 12.7. The highest BCUT2D eigenvalue weighted by molar-refractivity contribution is 7.89. The van der Waals surface area contributed by atoms with Crippen molar-refractivity contribution in [3.63, 3.8) is 0 Å². The molecule has 7 nitrogen and oxygen atoms in total. The summed E-state index contributed by atoms with van der Waals surface area (Å²) in [7, 11) is -2.12. The molecule has 2 amide bonds. The minimum atomic E-state index is -3.50. The van der Waals surface area contributed by atoms with Crippen molar-refractivity contribution in [1.82, 2.24) is 10.0 Å². The molecule has 0 saturated heterocycles. The SMILES string of the molecule is CNS(=O)(=O)c1ccc(CNC(=O)N2CC3(CCCC3)c3cc(-c4ccc(CC(C)=O)cc4C)ccc32)cc1. The predicted molar refractivity (Wildman–Crippen MR) is 153 cm³/mol. The van der Waals surface area contributed by atoms with Gasteiger partial charge in [-0.3, -0.25) is 9.69 Å². The van der Waals surface area contributed by atoms with Gasteiger partial charge in [-0.15, -0.1) is 0 Å². The highest BCUT2D eigenvalue weighted by atomic mass is 32.2. The third-order valence-electron chi connectivity index (χ3n) is 8.13. The van der Waals surface area contributed by atoms with Gasteiger partial charge in [-0.25, -0.2) is 17.9 Å². The fourth-order valence-corrected chi connectivity index (χ4v) is 6.85. The van der Waals surface area contributed by atoms with Crippen molar-refractivity contribution < 1.29 is 18.0 Å². The quantitative estimate of drug-likeness (QED) is 0.424. The van der Waals surface area contributed by atoms with Crippen molar-refractivity contribution >= 4 is 27.5 Å². The Morgan fingerprint density at radius 3 is 2.28 bits per heavy atom. The van der Waals surface area contributed by atoms with Gasteiger partial charge in [-0.1, -0.05) is 49.2 Å². The number of aryl methyl sites for hydroxylation is 1. The molecule has 39 heavy (non-hydrogen) atoms. The molecule has 1 spiro atoms. The molecule has 5 rings (SSSR count). The number of amides is 2. The number of fused-ring (bicyclic) bond motifs is 2. The molecule has 0 radical (unpaired) electrons. The van der Waals surface area contributed by atoms with Crippen LogP contribution in [0.5, 0.6) is 0 Å². The largest absolute Gasteiger partial charge is 0.334 e. The van der Waals surface area contributed by atoms with Crippen molar-refractivity contribution in [3.8, 4) is 11.1 Å². The molecule has 0 atom stereocenters. The number of urea groups is 1. The fraction of sp³-hybridized carbons (Fsp3) is 0.355. The van der Waals surface area contributed by atoms with Crippen molar-refractivity contribution in [2.24, 2.45) is 0 Å². The summed E-state index contributed by atoms with van der Waals surface area (Å²) in [5.41, 5.74) is 7.42. The number of hydrogen-bond acceptors (Lipinski definition) is 4. The minimum absolute atomic E-state index is 0.0334. The van der Waals surface area contributed by atoms with Gasteiger partial charge in [0.1, 0.15) is 5.78 Å². The normalized spacial score (nSPS) is 15.9. The van der Waals surface area contributed by atoms with Crippen LogP contribution in [0.2, 0.25) is 0 Å². The highest BCUT2D eigenvalue weighted by Crippen LogP contribution is 2.51. The standard InChI is InChI=1S/C31H35N3O4S/c1-21-16-24(17-22(2)35)8-12-27(21)25-9-13-29-28(18-25)31(14-4-5-15-31)20-34(29)30(36)33-19-23-6-10-26(11-7-23)39(37,38)32-3/h6-13,16,18,32H,4-5,14-15,17,19-20H2,1-3H3,(H,33,36). The number of nitrogens with zero attached hydrogens (tertiary/aromatic N) is 1. The maximum atomic E-state index is 13.4. The second-order valence-electron chi connectivity index (χ2n) is 10.8. The molecule has 204 valence electrons. The minimum Gasteiger partial charge on any atom is -0.334 e. The van der Waals surface area contributed by atoms with Crippen molar-refractivity contribution in [3.05, 3.63) is 82.9 Å². The van der Waals surface area contributed by atoms with Gasteiger partial charge in [0.05, 0.1) is 4.90 Å². The van der Waals surface area contributed by atoms with Crippen LogP contribution in [0.1, 0.15) is 54.9 Å². The van der Waals surface area contributed by atoms with E-state index in [1.165, 1.54) is 12.6 Å². The van der Waals surface area contributed by atoms with Crippen LogP contribution in [0.15, 0.2) is 65.6 Å². The maximum Gasteiger partial charge on any atom is 0.322 e. The van der Waals surface area contributed by atoms with E-state index < -0.39 is 10.0 Å². The first-order valence-electron chi connectivity index (χ1n) is 13.4. The topological polar surface area (TPSA) is 95.6 Å². The van der Waals surface area contributed by atoms with Gasteiger partial charge in [-0.05, 0) is 91.4 Å². The lowest BCUT2D eigenvalue weighted by Crippen LogP contribution is -2.41. The molecule has 8 heteroatoms. The Balaban J connectivity index is 1.38. The van der Waals surface area contributed by atoms with E-state index in [1.807, 2.05) is 11.0 Å². The van der Waals surface area contributed by atoms with Gasteiger partial charge in [0.15, 0.2) is 0 Å². The van der Waals surface area contributed by atoms with Gasteiger partial charge >= 0.3 is 6.03 Å². The lowest BCUT2D eigenvalue weighted by molar-refractivity contribution is -0.116. The van der Waals surface area contributed by atoms with E-state index in [-0.39, 0.29) is 22.1 Å². The van der Waals surface area contributed by atoms with Gasteiger partial charge < -0.3 is 5.32 Å². The van der Waals surface area contributed by atoms with E-state index in [1.54, 1.807) is 31.2 Å². The predicted octanol–water partition coefficient (Wildman–Crippen LogP) is 5.24. The van der Waals surface area contributed by atoms with Crippen LogP contribution in [-0.4, -0.2) is 33.8 Å². The first kappa shape index (κ1) is 27.1. The zero-order valence-electron chi connectivity index (χ0n) is 22.7. The monoisotopic (exact) mass is 545 g/mol. The number of ketones is 1. The van der Waals surface area contributed by atoms with E-state index in [0.29, 0.717) is 19.5 Å². The number of carbonyl (C=O) groups is 2. The molecular formula is C31H35N3O4S. The Kier molecular flexibility index (Phi) is 7.35. The molecule has 1 aliphatic heterocycles. The molecule has 1 heterocycles. The Morgan fingerprint density at radius 2 is 1.64 bits per heavy atom. The molecular weight excluding hydrogens is 510 g/mol. The second kappa shape index (κ2) is 10.6. The summed E-state index contributed by atoms with van der Waals surface area (Å²) < 4.78 is 26.3. The average molecular weight is 546 g/mol. The number of nitrogens with one attached hydrogen (secondary N) is 2. The number of rotatable bonds is 7. The summed E-state index contributed by atoms with van der Waals surface area (Å²) in [6.07, 6.45) is 4.87. The third-order valence-corrected chi connectivity index (χ3v) is 9.56. The zero-order chi connectivity index (χ0) is 27.8. The first-order chi connectivity index (χ1) is 18.6. The molecule has 3 aromatic rings. The summed E-state index contributed by atoms with van der Waals surface area (Å²) in [6.45, 7) is 4.66. The van der Waals surface area contributed by atoms with Gasteiger partial charge in [-0.2, -0.15) is 0 Å². The van der Waals surface area contributed by atoms with E-state index in [4.69, 9.17) is 0 Å². The van der Waals surface area contributed by atoms with Crippen molar-refractivity contribution in [2.45, 2.75) is 62.8 Å². The van der Waals surface area contributed by atoms with Crippen LogP contribution in [0.4, 0.5) is 10.5 Å². The molecule has 3 aromatic carbocycles. The zero-order valence-corrected chi connectivity index (χ0v) is 23.5. The third kappa shape index (κ3) is 5.36. The Bertz CT molecular complexity index is 1520. The van der Waals surface area contributed by atoms with Crippen LogP contribution in [0.25, 0.3) is 11.1 Å². The summed E-state index contributed by atoms with van der Waals surface area (Å²) in [5, 5.41) is 3.03. The number of benzene rings is 3. The lowest BCUT2D eigenvalue weighted by atomic mass is 9.79. The molecule has 0 unspecified atom stereocenters. The van der Waals surface area contributed by atoms with Crippen LogP contribution >= 0.6 is 0 Å². The number of sulfonamides is 1. The van der Waals surface area contributed by atoms with Gasteiger partial charge in [0.25, 0.3) is 0 Å². The van der Waals surface area contributed by atoms with Crippen LogP contribution in [0, 0.1) is 6.92 Å². The number of carbonyl (C=O) groups excluding carboxylic acids is 2. The number of Topliss-reactive ketones (excluding diaryl/α,β-unsaturated/α-hetero) is 1. The molecule has 1 fully saturated rings. The summed E-state index contributed by atoms with van der Waals surface area (Å²) >= 11 is 0. The summed E-state index contributed by atoms with van der Waals surface area (Å²) in [5.74, 6) is 0.153. The summed E-state index contributed by atoms with van der Waals surface area (Å²) in [6, 6.07) is 19.0. The molecule has 0 aromatic heterocycles. The highest BCUT2D eigenvalue weighted by Gasteiger charge is 2.46. The Labute approximate surface area is 230 Å². The van der Waals surface area contributed by atoms with E-state index >= 15 is 0 Å². The van der Waals surface area contributed by atoms with Crippen LogP contribution in [-0.2, 0) is 33.2 Å². The van der Waals surface area contributed by atoms with Gasteiger partial charge in [0.2, 0.25) is 10.0 Å². The van der Waals surface area contributed by atoms with E-state index in [0.717, 1.165) is 59.2 Å². The molecule has 2 N–H and O–H groups in total. The maximum absolute atomic E-state index is 13.4. The van der Waals surface area contributed by atoms with E-state index in [9.17, 15) is 18.0 Å². The number of hydrogen-bond donors (Lipinski definition) is 2. The number of anilines is 1. The van der Waals surface area contributed by atoms with Crippen LogP contribution in [0.3, 0.4) is 0 Å². The molecule has 0 bridgehead atoms. The van der Waals surface area contributed by atoms with Crippen LogP contribution < -0.4 is 14.9 Å². The van der Waals surface area contributed by atoms with Gasteiger partial charge in [0, 0.05) is 30.6 Å². The lowest BCUT2D eigenvalue weighted by Gasteiger charge is -2.25. The van der Waals surface area contributed by atoms with E-state index in [2.05, 4.69) is 47.3 Å². The molecule has 1 aliphatic carbocycles. The molecule has 1 saturated carbocycles. The fourth-order valence-electron chi connectivity index (χ4n) is 6.12.